The predicted molar refractivity (Wildman–Crippen MR) is 50.0 cm³/mol. The van der Waals surface area contributed by atoms with Gasteiger partial charge in [0.25, 0.3) is 0 Å². The van der Waals surface area contributed by atoms with Crippen LogP contribution in [0.1, 0.15) is 25.1 Å². The molecule has 1 aromatic heterocycles. The normalized spacial score (nSPS) is 15.3. The van der Waals surface area contributed by atoms with Gasteiger partial charge in [-0.05, 0) is 5.92 Å². The zero-order valence-electron chi connectivity index (χ0n) is 8.08. The van der Waals surface area contributed by atoms with Crippen molar-refractivity contribution in [1.29, 1.82) is 0 Å². The number of rotatable bonds is 2. The largest absolute Gasteiger partial charge is 0.384 e. The Balaban J connectivity index is 2.28. The first kappa shape index (κ1) is 8.56. The van der Waals surface area contributed by atoms with Crippen molar-refractivity contribution in [2.75, 3.05) is 5.73 Å². The molecule has 0 fully saturated rings. The second-order valence-electron chi connectivity index (χ2n) is 3.88. The number of nitrogens with two attached hydrogens (primary N) is 1. The third-order valence-electron chi connectivity index (χ3n) is 2.20. The van der Waals surface area contributed by atoms with E-state index < -0.39 is 0 Å². The number of ether oxygens (including phenoxy) is 1. The smallest absolute Gasteiger partial charge is 0.127 e. The van der Waals surface area contributed by atoms with Crippen LogP contribution in [0.4, 0.5) is 5.82 Å². The van der Waals surface area contributed by atoms with Crippen molar-refractivity contribution >= 4 is 5.82 Å². The van der Waals surface area contributed by atoms with Gasteiger partial charge in [-0.25, -0.2) is 4.68 Å². The molecule has 2 heterocycles. The molecule has 0 spiro atoms. The summed E-state index contributed by atoms with van der Waals surface area (Å²) in [6.45, 7) is 6.44. The third kappa shape index (κ3) is 1.42. The number of nitrogens with zero attached hydrogens (tertiary/aromatic N) is 2. The second kappa shape index (κ2) is 3.03. The zero-order valence-corrected chi connectivity index (χ0v) is 8.08. The minimum absolute atomic E-state index is 0.572. The van der Waals surface area contributed by atoms with Crippen molar-refractivity contribution in [2.24, 2.45) is 5.92 Å². The number of fused-ring (bicyclic) bond motifs is 1. The molecule has 2 rings (SSSR count). The molecule has 0 radical (unpaired) electrons. The maximum atomic E-state index is 5.92. The molecular weight excluding hydrogens is 166 g/mol. The van der Waals surface area contributed by atoms with E-state index in [4.69, 9.17) is 10.5 Å². The number of nitrogen functional groups attached to an aromatic ring is 1. The SMILES string of the molecule is CC(C)Cn1nc2c(c1N)COC2. The van der Waals surface area contributed by atoms with Crippen molar-refractivity contribution in [1.82, 2.24) is 9.78 Å². The topological polar surface area (TPSA) is 53.1 Å². The van der Waals surface area contributed by atoms with E-state index in [0.717, 1.165) is 23.6 Å². The highest BCUT2D eigenvalue weighted by Gasteiger charge is 2.20. The van der Waals surface area contributed by atoms with Crippen LogP contribution >= 0.6 is 0 Å². The van der Waals surface area contributed by atoms with E-state index in [0.29, 0.717) is 19.1 Å². The highest BCUT2D eigenvalue weighted by Crippen LogP contribution is 2.25. The van der Waals surface area contributed by atoms with Crippen LogP contribution in [-0.4, -0.2) is 9.78 Å². The Bertz CT molecular complexity index is 317. The maximum Gasteiger partial charge on any atom is 0.127 e. The van der Waals surface area contributed by atoms with Crippen LogP contribution in [0.25, 0.3) is 0 Å². The Morgan fingerprint density at radius 2 is 2.31 bits per heavy atom. The summed E-state index contributed by atoms with van der Waals surface area (Å²) < 4.78 is 7.13. The number of hydrogen-bond acceptors (Lipinski definition) is 3. The van der Waals surface area contributed by atoms with Gasteiger partial charge < -0.3 is 10.5 Å². The first-order valence-corrected chi connectivity index (χ1v) is 4.60. The molecule has 0 aromatic carbocycles. The molecule has 13 heavy (non-hydrogen) atoms. The molecular formula is C9H15N3O. The number of anilines is 1. The van der Waals surface area contributed by atoms with E-state index in [2.05, 4.69) is 18.9 Å². The molecule has 72 valence electrons. The van der Waals surface area contributed by atoms with Gasteiger partial charge in [0, 0.05) is 12.1 Å². The van der Waals surface area contributed by atoms with Crippen molar-refractivity contribution in [2.45, 2.75) is 33.6 Å². The summed E-state index contributed by atoms with van der Waals surface area (Å²) in [6.07, 6.45) is 0. The minimum Gasteiger partial charge on any atom is -0.384 e. The maximum absolute atomic E-state index is 5.92. The van der Waals surface area contributed by atoms with Gasteiger partial charge in [-0.15, -0.1) is 0 Å². The standard InChI is InChI=1S/C9H15N3O/c1-6(2)3-12-9(10)7-4-13-5-8(7)11-12/h6H,3-5,10H2,1-2H3. The lowest BCUT2D eigenvalue weighted by molar-refractivity contribution is 0.131. The lowest BCUT2D eigenvalue weighted by atomic mass is 10.2. The fraction of sp³-hybridized carbons (Fsp3) is 0.667. The molecule has 1 aliphatic rings. The van der Waals surface area contributed by atoms with Crippen LogP contribution in [0, 0.1) is 5.92 Å². The van der Waals surface area contributed by atoms with Crippen molar-refractivity contribution in [3.05, 3.63) is 11.3 Å². The van der Waals surface area contributed by atoms with E-state index in [1.807, 2.05) is 4.68 Å². The summed E-state index contributed by atoms with van der Waals surface area (Å²) in [6, 6.07) is 0. The monoisotopic (exact) mass is 181 g/mol. The summed E-state index contributed by atoms with van der Waals surface area (Å²) in [5, 5.41) is 4.40. The molecule has 2 N–H and O–H groups in total. The highest BCUT2D eigenvalue weighted by atomic mass is 16.5. The van der Waals surface area contributed by atoms with Gasteiger partial charge in [-0.2, -0.15) is 5.10 Å². The summed E-state index contributed by atoms with van der Waals surface area (Å²) in [5.74, 6) is 1.35. The molecule has 0 unspecified atom stereocenters. The van der Waals surface area contributed by atoms with E-state index in [1.165, 1.54) is 0 Å². The fourth-order valence-electron chi connectivity index (χ4n) is 1.57. The molecule has 0 aliphatic carbocycles. The quantitative estimate of drug-likeness (QED) is 0.744. The van der Waals surface area contributed by atoms with E-state index >= 15 is 0 Å². The van der Waals surface area contributed by atoms with Crippen molar-refractivity contribution in [3.8, 4) is 0 Å². The van der Waals surface area contributed by atoms with Crippen molar-refractivity contribution < 1.29 is 4.74 Å². The van der Waals surface area contributed by atoms with Crippen molar-refractivity contribution in [3.63, 3.8) is 0 Å². The summed E-state index contributed by atoms with van der Waals surface area (Å²) in [4.78, 5) is 0. The van der Waals surface area contributed by atoms with Crippen LogP contribution < -0.4 is 5.73 Å². The molecule has 4 nitrogen and oxygen atoms in total. The molecule has 1 aromatic rings. The summed E-state index contributed by atoms with van der Waals surface area (Å²) >= 11 is 0. The molecule has 4 heteroatoms. The van der Waals surface area contributed by atoms with E-state index in [1.54, 1.807) is 0 Å². The Hall–Kier alpha value is -1.03. The first-order valence-electron chi connectivity index (χ1n) is 4.60. The van der Waals surface area contributed by atoms with E-state index in [9.17, 15) is 0 Å². The predicted octanol–water partition coefficient (Wildman–Crippen LogP) is 1.15. The lowest BCUT2D eigenvalue weighted by Crippen LogP contribution is -2.10. The van der Waals surface area contributed by atoms with Gasteiger partial charge in [0.05, 0.1) is 18.9 Å². The Morgan fingerprint density at radius 3 is 2.92 bits per heavy atom. The number of aromatic nitrogens is 2. The molecule has 0 amide bonds. The van der Waals surface area contributed by atoms with Crippen LogP contribution in [0.15, 0.2) is 0 Å². The van der Waals surface area contributed by atoms with Crippen LogP contribution in [0.5, 0.6) is 0 Å². The lowest BCUT2D eigenvalue weighted by Gasteiger charge is -2.07. The molecule has 0 atom stereocenters. The number of hydrogen-bond donors (Lipinski definition) is 1. The highest BCUT2D eigenvalue weighted by molar-refractivity contribution is 5.44. The molecule has 0 saturated carbocycles. The van der Waals surface area contributed by atoms with Gasteiger partial charge in [0.1, 0.15) is 5.82 Å². The Labute approximate surface area is 77.7 Å². The first-order chi connectivity index (χ1) is 6.18. The molecule has 0 saturated heterocycles. The second-order valence-corrected chi connectivity index (χ2v) is 3.88. The van der Waals surface area contributed by atoms with Crippen LogP contribution in [-0.2, 0) is 24.5 Å². The van der Waals surface area contributed by atoms with E-state index in [-0.39, 0.29) is 0 Å². The minimum atomic E-state index is 0.572. The molecule has 0 bridgehead atoms. The molecule has 1 aliphatic heterocycles. The van der Waals surface area contributed by atoms with Gasteiger partial charge in [-0.1, -0.05) is 13.8 Å². The summed E-state index contributed by atoms with van der Waals surface area (Å²) in [7, 11) is 0. The van der Waals surface area contributed by atoms with Crippen LogP contribution in [0.2, 0.25) is 0 Å². The third-order valence-corrected chi connectivity index (χ3v) is 2.20. The average Bonchev–Trinajstić information content (AvgIpc) is 2.56. The fourth-order valence-corrected chi connectivity index (χ4v) is 1.57. The zero-order chi connectivity index (χ0) is 9.42. The van der Waals surface area contributed by atoms with Gasteiger partial charge in [0.2, 0.25) is 0 Å². The van der Waals surface area contributed by atoms with Crippen LogP contribution in [0.3, 0.4) is 0 Å². The Kier molecular flexibility index (Phi) is 2.00. The average molecular weight is 181 g/mol. The van der Waals surface area contributed by atoms with Gasteiger partial charge >= 0.3 is 0 Å². The Morgan fingerprint density at radius 1 is 1.54 bits per heavy atom. The summed E-state index contributed by atoms with van der Waals surface area (Å²) in [5.41, 5.74) is 8.02. The van der Waals surface area contributed by atoms with Gasteiger partial charge in [0.15, 0.2) is 0 Å². The van der Waals surface area contributed by atoms with Gasteiger partial charge in [-0.3, -0.25) is 0 Å².